The van der Waals surface area contributed by atoms with Gasteiger partial charge in [-0.1, -0.05) is 0 Å². The van der Waals surface area contributed by atoms with Gasteiger partial charge in [-0.2, -0.15) is 0 Å². The summed E-state index contributed by atoms with van der Waals surface area (Å²) in [6.45, 7) is 7.96. The van der Waals surface area contributed by atoms with Crippen LogP contribution in [-0.4, -0.2) is 96.0 Å². The monoisotopic (exact) mass is 418 g/mol. The van der Waals surface area contributed by atoms with Crippen molar-refractivity contribution in [1.29, 1.82) is 0 Å². The second-order valence-corrected chi connectivity index (χ2v) is 8.70. The molecule has 10 heteroatoms. The van der Waals surface area contributed by atoms with Crippen LogP contribution in [0, 0.1) is 0 Å². The number of nitrogens with zero attached hydrogens (tertiary/aromatic N) is 5. The molecule has 1 N–H and O–H groups in total. The minimum Gasteiger partial charge on any atom is -0.463 e. The normalized spacial score (nSPS) is 25.1. The van der Waals surface area contributed by atoms with E-state index in [9.17, 15) is 9.59 Å². The highest BCUT2D eigenvalue weighted by atomic mass is 32.1. The molecule has 0 spiro atoms. The Bertz CT molecular complexity index is 867. The number of amides is 2. The number of piperazine rings is 1. The van der Waals surface area contributed by atoms with Crippen molar-refractivity contribution in [3.05, 3.63) is 27.9 Å². The summed E-state index contributed by atoms with van der Waals surface area (Å²) in [6.07, 6.45) is 1.74. The lowest BCUT2D eigenvalue weighted by Crippen LogP contribution is -2.60. The average molecular weight is 419 g/mol. The molecule has 29 heavy (non-hydrogen) atoms. The van der Waals surface area contributed by atoms with E-state index in [2.05, 4.69) is 27.1 Å². The molecular weight excluding hydrogens is 392 g/mol. The second-order valence-electron chi connectivity index (χ2n) is 7.80. The van der Waals surface area contributed by atoms with Crippen molar-refractivity contribution in [3.8, 4) is 0 Å². The minimum atomic E-state index is -0.336. The van der Waals surface area contributed by atoms with Gasteiger partial charge in [0, 0.05) is 57.0 Å². The van der Waals surface area contributed by atoms with E-state index in [4.69, 9.17) is 4.74 Å². The number of thiazole rings is 1. The van der Waals surface area contributed by atoms with E-state index in [0.29, 0.717) is 37.6 Å². The maximum Gasteiger partial charge on any atom is 0.337 e. The molecule has 1 unspecified atom stereocenters. The molecule has 4 heterocycles. The number of nitrogens with one attached hydrogen (secondary N) is 1. The second kappa shape index (κ2) is 7.75. The zero-order chi connectivity index (χ0) is 20.6. The first kappa shape index (κ1) is 19.8. The molecule has 2 amide bonds. The minimum absolute atomic E-state index is 0.0903. The number of hydrogen-bond acceptors (Lipinski definition) is 8. The van der Waals surface area contributed by atoms with Crippen LogP contribution in [0.5, 0.6) is 0 Å². The van der Waals surface area contributed by atoms with Crippen LogP contribution in [0.15, 0.2) is 27.8 Å². The van der Waals surface area contributed by atoms with Gasteiger partial charge in [0.25, 0.3) is 0 Å². The number of amidine groups is 1. The Hall–Kier alpha value is -2.46. The van der Waals surface area contributed by atoms with E-state index in [-0.39, 0.29) is 24.1 Å². The highest BCUT2D eigenvalue weighted by molar-refractivity contribution is 7.11. The Morgan fingerprint density at radius 1 is 1.38 bits per heavy atom. The number of aliphatic imine (C=N–C) groups is 1. The van der Waals surface area contributed by atoms with Crippen LogP contribution in [0.25, 0.3) is 0 Å². The third-order valence-electron chi connectivity index (χ3n) is 5.56. The number of rotatable bonds is 5. The summed E-state index contributed by atoms with van der Waals surface area (Å²) in [5.74, 6) is 0.348. The lowest BCUT2D eigenvalue weighted by atomic mass is 9.98. The average Bonchev–Trinajstić information content (AvgIpc) is 3.29. The quantitative estimate of drug-likeness (QED) is 0.710. The van der Waals surface area contributed by atoms with Gasteiger partial charge < -0.3 is 19.9 Å². The molecule has 4 rings (SSSR count). The molecule has 0 aliphatic carbocycles. The van der Waals surface area contributed by atoms with Crippen LogP contribution in [0.4, 0.5) is 4.79 Å². The molecule has 0 saturated carbocycles. The molecule has 3 aliphatic heterocycles. The number of carbonyl (C=O) groups excluding carboxylic acids is 2. The van der Waals surface area contributed by atoms with E-state index in [1.807, 2.05) is 17.3 Å². The van der Waals surface area contributed by atoms with Gasteiger partial charge in [0.15, 0.2) is 10.8 Å². The maximum atomic E-state index is 12.5. The highest BCUT2D eigenvalue weighted by Gasteiger charge is 2.48. The third kappa shape index (κ3) is 3.74. The Morgan fingerprint density at radius 3 is 2.93 bits per heavy atom. The fourth-order valence-corrected chi connectivity index (χ4v) is 4.88. The summed E-state index contributed by atoms with van der Waals surface area (Å²) in [6, 6.07) is 0.0903. The van der Waals surface area contributed by atoms with E-state index in [0.717, 1.165) is 23.8 Å². The molecule has 1 atom stereocenters. The van der Waals surface area contributed by atoms with Gasteiger partial charge in [0.1, 0.15) is 0 Å². The smallest absolute Gasteiger partial charge is 0.337 e. The summed E-state index contributed by atoms with van der Waals surface area (Å²) in [4.78, 5) is 39.7. The topological polar surface area (TPSA) is 90.4 Å². The van der Waals surface area contributed by atoms with E-state index in [1.165, 1.54) is 11.3 Å². The summed E-state index contributed by atoms with van der Waals surface area (Å²) in [5.41, 5.74) is 1.13. The first-order chi connectivity index (χ1) is 13.9. The summed E-state index contributed by atoms with van der Waals surface area (Å²) >= 11 is 1.50. The predicted molar refractivity (Wildman–Crippen MR) is 110 cm³/mol. The van der Waals surface area contributed by atoms with E-state index >= 15 is 0 Å². The van der Waals surface area contributed by atoms with E-state index < -0.39 is 0 Å². The molecule has 0 aromatic carbocycles. The number of urea groups is 1. The van der Waals surface area contributed by atoms with Crippen molar-refractivity contribution in [2.45, 2.75) is 19.4 Å². The van der Waals surface area contributed by atoms with Gasteiger partial charge in [-0.3, -0.25) is 9.89 Å². The lowest BCUT2D eigenvalue weighted by molar-refractivity contribution is -0.138. The number of esters is 1. The molecule has 156 valence electrons. The number of fused-ring (bicyclic) bond motifs is 1. The van der Waals surface area contributed by atoms with Gasteiger partial charge in [-0.15, -0.1) is 11.3 Å². The Morgan fingerprint density at radius 2 is 2.21 bits per heavy atom. The molecule has 0 radical (unpaired) electrons. The van der Waals surface area contributed by atoms with E-state index in [1.54, 1.807) is 18.0 Å². The van der Waals surface area contributed by atoms with Crippen molar-refractivity contribution in [2.75, 3.05) is 52.9 Å². The van der Waals surface area contributed by atoms with Crippen molar-refractivity contribution < 1.29 is 14.3 Å². The molecule has 2 saturated heterocycles. The number of hydrogen-bond donors (Lipinski definition) is 1. The van der Waals surface area contributed by atoms with Crippen molar-refractivity contribution in [1.82, 2.24) is 25.0 Å². The Kier molecular flexibility index (Phi) is 5.30. The van der Waals surface area contributed by atoms with Crippen LogP contribution < -0.4 is 5.32 Å². The molecule has 0 bridgehead atoms. The van der Waals surface area contributed by atoms with Gasteiger partial charge in [0.2, 0.25) is 0 Å². The van der Waals surface area contributed by atoms with Crippen molar-refractivity contribution in [2.24, 2.45) is 4.99 Å². The van der Waals surface area contributed by atoms with Crippen LogP contribution in [0.2, 0.25) is 0 Å². The van der Waals surface area contributed by atoms with Crippen LogP contribution in [0.3, 0.4) is 0 Å². The first-order valence-electron chi connectivity index (χ1n) is 9.77. The standard InChI is InChI=1S/C19H26N6O3S/c1-4-28-17(26)13-9-21-15(16-20-5-8-29-16)22-14(13)10-24-6-7-25-18(27)23(3)11-19(25,2)12-24/h5,8H,4,6-7,9-12H2,1-3H3,(H,21,22). The SMILES string of the molecule is CCOC(=O)C1=C(CN2CCN3C(=O)N(C)CC3(C)C2)NC(c2nccs2)=NC1. The van der Waals surface area contributed by atoms with Crippen LogP contribution >= 0.6 is 11.3 Å². The number of carbonyl (C=O) groups is 2. The Balaban J connectivity index is 1.53. The summed E-state index contributed by atoms with van der Waals surface area (Å²) in [7, 11) is 1.84. The van der Waals surface area contributed by atoms with Gasteiger partial charge in [-0.25, -0.2) is 14.6 Å². The fourth-order valence-electron chi connectivity index (χ4n) is 4.28. The fraction of sp³-hybridized carbons (Fsp3) is 0.579. The van der Waals surface area contributed by atoms with Crippen LogP contribution in [-0.2, 0) is 9.53 Å². The largest absolute Gasteiger partial charge is 0.463 e. The zero-order valence-electron chi connectivity index (χ0n) is 17.0. The lowest BCUT2D eigenvalue weighted by Gasteiger charge is -2.44. The maximum absolute atomic E-state index is 12.5. The molecule has 1 aromatic rings. The predicted octanol–water partition coefficient (Wildman–Crippen LogP) is 0.752. The molecular formula is C19H26N6O3S. The summed E-state index contributed by atoms with van der Waals surface area (Å²) in [5, 5.41) is 6.02. The number of ether oxygens (including phenoxy) is 1. The third-order valence-corrected chi connectivity index (χ3v) is 6.34. The van der Waals surface area contributed by atoms with Gasteiger partial charge in [0.05, 0.1) is 24.3 Å². The first-order valence-corrected chi connectivity index (χ1v) is 10.6. The van der Waals surface area contributed by atoms with Gasteiger partial charge in [-0.05, 0) is 13.8 Å². The highest BCUT2D eigenvalue weighted by Crippen LogP contribution is 2.30. The number of aromatic nitrogens is 1. The number of likely N-dealkylation sites (N-methyl/N-ethyl adjacent to an activating group) is 1. The summed E-state index contributed by atoms with van der Waals surface area (Å²) < 4.78 is 5.25. The molecule has 9 nitrogen and oxygen atoms in total. The molecule has 3 aliphatic rings. The Labute approximate surface area is 174 Å². The zero-order valence-corrected chi connectivity index (χ0v) is 17.8. The van der Waals surface area contributed by atoms with Crippen molar-refractivity contribution >= 4 is 29.2 Å². The molecule has 2 fully saturated rings. The van der Waals surface area contributed by atoms with Crippen LogP contribution in [0.1, 0.15) is 18.9 Å². The van der Waals surface area contributed by atoms with Crippen molar-refractivity contribution in [3.63, 3.8) is 0 Å². The molecule has 1 aromatic heterocycles. The van der Waals surface area contributed by atoms with Gasteiger partial charge >= 0.3 is 12.0 Å².